The molecule has 2 aromatic carbocycles. The van der Waals surface area contributed by atoms with Gasteiger partial charge in [0.05, 0.1) is 16.8 Å². The van der Waals surface area contributed by atoms with Crippen molar-refractivity contribution in [2.45, 2.75) is 45.1 Å². The van der Waals surface area contributed by atoms with E-state index in [2.05, 4.69) is 5.32 Å². The number of esters is 1. The quantitative estimate of drug-likeness (QED) is 0.498. The largest absolute Gasteiger partial charge is 0.449 e. The number of halogens is 1. The zero-order valence-electron chi connectivity index (χ0n) is 16.8. The van der Waals surface area contributed by atoms with E-state index < -0.39 is 23.8 Å². The number of hydrogen-bond acceptors (Lipinski definition) is 4. The van der Waals surface area contributed by atoms with Crippen molar-refractivity contribution < 1.29 is 18.7 Å². The number of nitrogens with zero attached hydrogens (tertiary/aromatic N) is 1. The van der Waals surface area contributed by atoms with E-state index >= 15 is 0 Å². The van der Waals surface area contributed by atoms with Gasteiger partial charge in [-0.15, -0.1) is 0 Å². The first-order valence-corrected chi connectivity index (χ1v) is 10.2. The molecule has 1 heterocycles. The van der Waals surface area contributed by atoms with Crippen LogP contribution in [-0.4, -0.2) is 23.0 Å². The second-order valence-electron chi connectivity index (χ2n) is 7.51. The van der Waals surface area contributed by atoms with Gasteiger partial charge in [-0.2, -0.15) is 0 Å². The number of hydrogen-bond donors (Lipinski definition) is 1. The Bertz CT molecular complexity index is 1110. The SMILES string of the molecule is C[C@H](OC(=O)c1c2c(nc3ccccc13)CCCCC2)C(=O)Nc1ccccc1F. The molecule has 0 bridgehead atoms. The lowest BCUT2D eigenvalue weighted by atomic mass is 9.97. The van der Waals surface area contributed by atoms with Gasteiger partial charge in [0.2, 0.25) is 0 Å². The first kappa shape index (κ1) is 20.0. The Morgan fingerprint density at radius 1 is 1.03 bits per heavy atom. The summed E-state index contributed by atoms with van der Waals surface area (Å²) in [4.78, 5) is 30.4. The molecule has 1 N–H and O–H groups in total. The van der Waals surface area contributed by atoms with Gasteiger partial charge in [0, 0.05) is 11.1 Å². The number of amides is 1. The highest BCUT2D eigenvalue weighted by Crippen LogP contribution is 2.29. The lowest BCUT2D eigenvalue weighted by Crippen LogP contribution is -2.30. The van der Waals surface area contributed by atoms with E-state index in [0.29, 0.717) is 5.56 Å². The van der Waals surface area contributed by atoms with Crippen molar-refractivity contribution in [2.75, 3.05) is 5.32 Å². The van der Waals surface area contributed by atoms with Gasteiger partial charge in [0.25, 0.3) is 5.91 Å². The fraction of sp³-hybridized carbons (Fsp3) is 0.292. The first-order valence-electron chi connectivity index (χ1n) is 10.2. The van der Waals surface area contributed by atoms with Crippen LogP contribution in [0.4, 0.5) is 10.1 Å². The lowest BCUT2D eigenvalue weighted by molar-refractivity contribution is -0.123. The number of aryl methyl sites for hydroxylation is 1. The molecule has 0 saturated heterocycles. The Hall–Kier alpha value is -3.28. The molecule has 6 heteroatoms. The number of anilines is 1. The van der Waals surface area contributed by atoms with Crippen LogP contribution in [0.3, 0.4) is 0 Å². The second kappa shape index (κ2) is 8.61. The number of rotatable bonds is 4. The number of para-hydroxylation sites is 2. The molecule has 154 valence electrons. The molecule has 1 aliphatic carbocycles. The van der Waals surface area contributed by atoms with E-state index in [1.807, 2.05) is 24.3 Å². The standard InChI is InChI=1S/C24H23FN2O3/c1-15(23(28)27-21-14-8-6-11-18(21)25)30-24(29)22-16-9-3-2-4-12-19(16)26-20-13-7-5-10-17(20)22/h5-8,10-11,13-15H,2-4,9,12H2,1H3,(H,27,28)/t15-/m0/s1. The highest BCUT2D eigenvalue weighted by atomic mass is 19.1. The third kappa shape index (κ3) is 4.03. The van der Waals surface area contributed by atoms with Crippen LogP contribution in [0, 0.1) is 5.82 Å². The highest BCUT2D eigenvalue weighted by Gasteiger charge is 2.26. The summed E-state index contributed by atoms with van der Waals surface area (Å²) in [7, 11) is 0. The van der Waals surface area contributed by atoms with Gasteiger partial charge in [0.15, 0.2) is 6.10 Å². The molecule has 0 unspecified atom stereocenters. The number of ether oxygens (including phenoxy) is 1. The molecule has 0 spiro atoms. The molecule has 1 amide bonds. The fourth-order valence-corrected chi connectivity index (χ4v) is 3.85. The number of benzene rings is 2. The van der Waals surface area contributed by atoms with Crippen molar-refractivity contribution in [1.29, 1.82) is 0 Å². The molecular weight excluding hydrogens is 383 g/mol. The van der Waals surface area contributed by atoms with Crippen molar-refractivity contribution >= 4 is 28.5 Å². The predicted molar refractivity (Wildman–Crippen MR) is 113 cm³/mol. The molecular formula is C24H23FN2O3. The summed E-state index contributed by atoms with van der Waals surface area (Å²) in [5.41, 5.74) is 3.13. The Morgan fingerprint density at radius 3 is 2.60 bits per heavy atom. The van der Waals surface area contributed by atoms with Crippen LogP contribution < -0.4 is 5.32 Å². The van der Waals surface area contributed by atoms with Crippen LogP contribution in [0.15, 0.2) is 48.5 Å². The minimum atomic E-state index is -1.08. The van der Waals surface area contributed by atoms with Crippen molar-refractivity contribution in [2.24, 2.45) is 0 Å². The summed E-state index contributed by atoms with van der Waals surface area (Å²) in [6, 6.07) is 13.3. The van der Waals surface area contributed by atoms with Crippen molar-refractivity contribution in [3.05, 3.63) is 71.2 Å². The van der Waals surface area contributed by atoms with Crippen LogP contribution in [0.1, 0.15) is 47.8 Å². The van der Waals surface area contributed by atoms with Gasteiger partial charge in [-0.1, -0.05) is 36.8 Å². The van der Waals surface area contributed by atoms with Gasteiger partial charge in [0.1, 0.15) is 5.82 Å². The molecule has 30 heavy (non-hydrogen) atoms. The van der Waals surface area contributed by atoms with Crippen LogP contribution in [0.5, 0.6) is 0 Å². The van der Waals surface area contributed by atoms with Gasteiger partial charge in [-0.3, -0.25) is 9.78 Å². The molecule has 1 aliphatic rings. The van der Waals surface area contributed by atoms with E-state index in [4.69, 9.17) is 9.72 Å². The Balaban J connectivity index is 1.62. The molecule has 1 aromatic heterocycles. The zero-order chi connectivity index (χ0) is 21.1. The van der Waals surface area contributed by atoms with Gasteiger partial charge in [-0.25, -0.2) is 9.18 Å². The maximum atomic E-state index is 13.8. The number of fused-ring (bicyclic) bond motifs is 2. The van der Waals surface area contributed by atoms with Gasteiger partial charge < -0.3 is 10.1 Å². The molecule has 5 nitrogen and oxygen atoms in total. The summed E-state index contributed by atoms with van der Waals surface area (Å²) in [5, 5.41) is 3.20. The Morgan fingerprint density at radius 2 is 1.77 bits per heavy atom. The van der Waals surface area contributed by atoms with Crippen LogP contribution >= 0.6 is 0 Å². The third-order valence-electron chi connectivity index (χ3n) is 5.41. The maximum absolute atomic E-state index is 13.8. The number of aromatic nitrogens is 1. The van der Waals surface area contributed by atoms with Gasteiger partial charge in [-0.05, 0) is 56.4 Å². The summed E-state index contributed by atoms with van der Waals surface area (Å²) >= 11 is 0. The normalized spacial score (nSPS) is 14.5. The zero-order valence-corrected chi connectivity index (χ0v) is 16.8. The maximum Gasteiger partial charge on any atom is 0.339 e. The minimum absolute atomic E-state index is 0.0497. The molecule has 0 aliphatic heterocycles. The average Bonchev–Trinajstić information content (AvgIpc) is 2.98. The average molecular weight is 406 g/mol. The lowest BCUT2D eigenvalue weighted by Gasteiger charge is -2.18. The van der Waals surface area contributed by atoms with E-state index in [-0.39, 0.29) is 5.69 Å². The number of carbonyl (C=O) groups excluding carboxylic acids is 2. The summed E-state index contributed by atoms with van der Waals surface area (Å²) < 4.78 is 19.3. The molecule has 0 fully saturated rings. The summed E-state index contributed by atoms with van der Waals surface area (Å²) in [5.74, 6) is -1.68. The minimum Gasteiger partial charge on any atom is -0.449 e. The number of nitrogens with one attached hydrogen (secondary N) is 1. The Kier molecular flexibility index (Phi) is 5.74. The second-order valence-corrected chi connectivity index (χ2v) is 7.51. The third-order valence-corrected chi connectivity index (χ3v) is 5.41. The van der Waals surface area contributed by atoms with Crippen molar-refractivity contribution in [3.8, 4) is 0 Å². The molecule has 0 saturated carbocycles. The van der Waals surface area contributed by atoms with Crippen molar-refractivity contribution in [3.63, 3.8) is 0 Å². The molecule has 1 atom stereocenters. The smallest absolute Gasteiger partial charge is 0.339 e. The van der Waals surface area contributed by atoms with E-state index in [1.54, 1.807) is 6.07 Å². The van der Waals surface area contributed by atoms with E-state index in [0.717, 1.165) is 54.3 Å². The van der Waals surface area contributed by atoms with E-state index in [9.17, 15) is 14.0 Å². The van der Waals surface area contributed by atoms with E-state index in [1.165, 1.54) is 25.1 Å². The van der Waals surface area contributed by atoms with Gasteiger partial charge >= 0.3 is 5.97 Å². The number of carbonyl (C=O) groups is 2. The topological polar surface area (TPSA) is 68.3 Å². The fourth-order valence-electron chi connectivity index (χ4n) is 3.85. The molecule has 3 aromatic rings. The van der Waals surface area contributed by atoms with Crippen molar-refractivity contribution in [1.82, 2.24) is 4.98 Å². The molecule has 0 radical (unpaired) electrons. The first-order chi connectivity index (χ1) is 14.5. The van der Waals surface area contributed by atoms with Crippen LogP contribution in [0.2, 0.25) is 0 Å². The van der Waals surface area contributed by atoms with Crippen LogP contribution in [-0.2, 0) is 22.4 Å². The van der Waals surface area contributed by atoms with Crippen LogP contribution in [0.25, 0.3) is 10.9 Å². The predicted octanol–water partition coefficient (Wildman–Crippen LogP) is 4.83. The number of pyridine rings is 1. The highest BCUT2D eigenvalue weighted by molar-refractivity contribution is 6.06. The Labute approximate surface area is 174 Å². The summed E-state index contributed by atoms with van der Waals surface area (Å²) in [6.45, 7) is 1.48. The monoisotopic (exact) mass is 406 g/mol. The summed E-state index contributed by atoms with van der Waals surface area (Å²) in [6.07, 6.45) is 3.61. The molecule has 4 rings (SSSR count).